The minimum atomic E-state index is 0.0429. The molecule has 1 aliphatic rings. The van der Waals surface area contributed by atoms with Gasteiger partial charge in [-0.1, -0.05) is 71.1 Å². The van der Waals surface area contributed by atoms with Crippen LogP contribution in [0.3, 0.4) is 0 Å². The van der Waals surface area contributed by atoms with Gasteiger partial charge in [-0.15, -0.1) is 8.58 Å². The molecular formula is C25H40NO2P. The van der Waals surface area contributed by atoms with E-state index in [9.17, 15) is 0 Å². The average Bonchev–Trinajstić information content (AvgIpc) is 2.67. The highest BCUT2D eigenvalue weighted by Gasteiger charge is 2.35. The fourth-order valence-electron chi connectivity index (χ4n) is 3.90. The summed E-state index contributed by atoms with van der Waals surface area (Å²) in [5.74, 6) is 1.53. The van der Waals surface area contributed by atoms with Crippen molar-refractivity contribution in [2.45, 2.75) is 64.2 Å². The topological polar surface area (TPSA) is 30.5 Å². The van der Waals surface area contributed by atoms with E-state index in [0.29, 0.717) is 11.6 Å². The molecule has 0 heterocycles. The number of hydrogen-bond acceptors (Lipinski definition) is 3. The molecule has 0 saturated carbocycles. The maximum Gasteiger partial charge on any atom is 0.188 e. The summed E-state index contributed by atoms with van der Waals surface area (Å²) in [7, 11) is 4.49. The Bertz CT molecular complexity index is 735. The molecule has 0 bridgehead atoms. The van der Waals surface area contributed by atoms with Gasteiger partial charge in [0.15, 0.2) is 6.79 Å². The summed E-state index contributed by atoms with van der Waals surface area (Å²) in [6.45, 7) is 15.0. The molecule has 1 aromatic rings. The minimum absolute atomic E-state index is 0.0429. The number of rotatable bonds is 9. The second-order valence-electron chi connectivity index (χ2n) is 9.32. The monoisotopic (exact) mass is 417 g/mol. The maximum atomic E-state index is 6.13. The summed E-state index contributed by atoms with van der Waals surface area (Å²) in [6, 6.07) is 4.67. The predicted molar refractivity (Wildman–Crippen MR) is 128 cm³/mol. The van der Waals surface area contributed by atoms with Crippen molar-refractivity contribution in [3.8, 4) is 5.75 Å². The lowest BCUT2D eigenvalue weighted by molar-refractivity contribution is 0.0495. The number of ether oxygens (including phenoxy) is 2. The van der Waals surface area contributed by atoms with Gasteiger partial charge >= 0.3 is 0 Å². The molecule has 1 aliphatic carbocycles. The van der Waals surface area contributed by atoms with Gasteiger partial charge in [-0.05, 0) is 42.9 Å². The van der Waals surface area contributed by atoms with Crippen LogP contribution in [0.2, 0.25) is 0 Å². The molecule has 4 atom stereocenters. The van der Waals surface area contributed by atoms with Crippen molar-refractivity contribution >= 4 is 8.58 Å². The molecule has 4 heteroatoms. The molecule has 0 aliphatic heterocycles. The van der Waals surface area contributed by atoms with Gasteiger partial charge in [0.2, 0.25) is 0 Å². The van der Waals surface area contributed by atoms with Crippen LogP contribution >= 0.6 is 8.58 Å². The zero-order valence-electron chi connectivity index (χ0n) is 19.6. The lowest BCUT2D eigenvalue weighted by atomic mass is 9.82. The Labute approximate surface area is 180 Å². The number of nitrogens with one attached hydrogen (secondary N) is 1. The third-order valence-corrected chi connectivity index (χ3v) is 8.15. The Morgan fingerprint density at radius 2 is 1.79 bits per heavy atom. The second kappa shape index (κ2) is 10.2. The molecule has 0 saturated heterocycles. The first kappa shape index (κ1) is 24.1. The molecule has 1 aromatic carbocycles. The number of aryl methyl sites for hydroxylation is 1. The third-order valence-electron chi connectivity index (χ3n) is 5.94. The maximum absolute atomic E-state index is 6.13. The van der Waals surface area contributed by atoms with Gasteiger partial charge in [0.1, 0.15) is 5.75 Å². The number of hydrogen-bond donors (Lipinski definition) is 1. The molecule has 0 amide bonds. The van der Waals surface area contributed by atoms with Crippen molar-refractivity contribution in [3.63, 3.8) is 0 Å². The van der Waals surface area contributed by atoms with Gasteiger partial charge in [0.25, 0.3) is 0 Å². The van der Waals surface area contributed by atoms with E-state index in [2.05, 4.69) is 83.3 Å². The molecule has 0 aromatic heterocycles. The van der Waals surface area contributed by atoms with Gasteiger partial charge in [-0.3, -0.25) is 0 Å². The Kier molecular flexibility index (Phi) is 8.52. The summed E-state index contributed by atoms with van der Waals surface area (Å²) in [5, 5.41) is 3.41. The molecular weight excluding hydrogens is 377 g/mol. The third kappa shape index (κ3) is 5.94. The van der Waals surface area contributed by atoms with Crippen molar-refractivity contribution in [3.05, 3.63) is 53.1 Å². The summed E-state index contributed by atoms with van der Waals surface area (Å²) < 4.78 is 11.4. The standard InChI is InChI=1S/C25H40NO2P/c1-9-25(6,29-22-13-11-10-12-19(22)16-26-7)21-15-20(24(3,4)5)14-18(2)23(21)28-17-27-8/h10-15,19,22,26,29H,9,16-17H2,1-8H3. The zero-order valence-corrected chi connectivity index (χ0v) is 20.6. The largest absolute Gasteiger partial charge is 0.467 e. The van der Waals surface area contributed by atoms with Crippen LogP contribution in [-0.4, -0.2) is 33.2 Å². The Morgan fingerprint density at radius 3 is 2.38 bits per heavy atom. The van der Waals surface area contributed by atoms with Crippen molar-refractivity contribution in [1.82, 2.24) is 5.32 Å². The summed E-state index contributed by atoms with van der Waals surface area (Å²) in [5.41, 5.74) is 4.52. The van der Waals surface area contributed by atoms with Gasteiger partial charge < -0.3 is 14.8 Å². The lowest BCUT2D eigenvalue weighted by Gasteiger charge is -2.38. The lowest BCUT2D eigenvalue weighted by Crippen LogP contribution is -2.29. The van der Waals surface area contributed by atoms with Crippen LogP contribution in [0.5, 0.6) is 5.75 Å². The molecule has 0 fully saturated rings. The van der Waals surface area contributed by atoms with Crippen LogP contribution in [0.1, 0.15) is 57.7 Å². The molecule has 29 heavy (non-hydrogen) atoms. The normalized spacial score (nSPS) is 21.7. The van der Waals surface area contributed by atoms with Crippen molar-refractivity contribution in [2.75, 3.05) is 27.5 Å². The van der Waals surface area contributed by atoms with Crippen molar-refractivity contribution in [1.29, 1.82) is 0 Å². The Hall–Kier alpha value is -1.15. The van der Waals surface area contributed by atoms with Gasteiger partial charge in [0.05, 0.1) is 0 Å². The van der Waals surface area contributed by atoms with Gasteiger partial charge in [-0.2, -0.15) is 0 Å². The highest BCUT2D eigenvalue weighted by Crippen LogP contribution is 2.53. The fourth-order valence-corrected chi connectivity index (χ4v) is 5.83. The van der Waals surface area contributed by atoms with E-state index < -0.39 is 0 Å². The molecule has 2 rings (SSSR count). The Morgan fingerprint density at radius 1 is 1.10 bits per heavy atom. The summed E-state index contributed by atoms with van der Waals surface area (Å²) in [4.78, 5) is 0. The molecule has 4 unspecified atom stereocenters. The average molecular weight is 418 g/mol. The summed E-state index contributed by atoms with van der Waals surface area (Å²) in [6.07, 6.45) is 10.2. The number of allylic oxidation sites excluding steroid dienone is 3. The molecule has 1 N–H and O–H groups in total. The molecule has 3 nitrogen and oxygen atoms in total. The highest BCUT2D eigenvalue weighted by molar-refractivity contribution is 7.40. The van der Waals surface area contributed by atoms with E-state index in [1.807, 2.05) is 7.05 Å². The van der Waals surface area contributed by atoms with Crippen molar-refractivity contribution in [2.24, 2.45) is 5.92 Å². The molecule has 0 spiro atoms. The van der Waals surface area contributed by atoms with E-state index in [1.165, 1.54) is 16.7 Å². The minimum Gasteiger partial charge on any atom is -0.467 e. The first-order valence-electron chi connectivity index (χ1n) is 10.7. The van der Waals surface area contributed by atoms with E-state index in [4.69, 9.17) is 9.47 Å². The Balaban J connectivity index is 2.51. The quantitative estimate of drug-likeness (QED) is 0.400. The van der Waals surface area contributed by atoms with Crippen LogP contribution in [-0.2, 0) is 15.3 Å². The number of benzene rings is 1. The van der Waals surface area contributed by atoms with Crippen LogP contribution in [0.4, 0.5) is 0 Å². The van der Waals surface area contributed by atoms with E-state index in [1.54, 1.807) is 7.11 Å². The van der Waals surface area contributed by atoms with E-state index in [0.717, 1.165) is 27.3 Å². The van der Waals surface area contributed by atoms with E-state index in [-0.39, 0.29) is 17.4 Å². The number of methoxy groups -OCH3 is 1. The fraction of sp³-hybridized carbons (Fsp3) is 0.600. The van der Waals surface area contributed by atoms with Crippen LogP contribution in [0.15, 0.2) is 36.4 Å². The van der Waals surface area contributed by atoms with Crippen LogP contribution in [0.25, 0.3) is 0 Å². The second-order valence-corrected chi connectivity index (χ2v) is 11.4. The van der Waals surface area contributed by atoms with Crippen LogP contribution in [0, 0.1) is 12.8 Å². The zero-order chi connectivity index (χ0) is 21.7. The first-order valence-corrected chi connectivity index (χ1v) is 11.8. The first-order chi connectivity index (χ1) is 13.7. The van der Waals surface area contributed by atoms with E-state index >= 15 is 0 Å². The van der Waals surface area contributed by atoms with Crippen molar-refractivity contribution < 1.29 is 9.47 Å². The predicted octanol–water partition coefficient (Wildman–Crippen LogP) is 5.91. The molecule has 162 valence electrons. The SMILES string of the molecule is CCC(C)(PC1C=CC=CC1CNC)c1cc(C(C)(C)C)cc(C)c1OCOC. The highest BCUT2D eigenvalue weighted by atomic mass is 31.1. The smallest absolute Gasteiger partial charge is 0.188 e. The van der Waals surface area contributed by atoms with Crippen LogP contribution < -0.4 is 10.1 Å². The van der Waals surface area contributed by atoms with Gasteiger partial charge in [0, 0.05) is 30.0 Å². The summed E-state index contributed by atoms with van der Waals surface area (Å²) >= 11 is 0. The van der Waals surface area contributed by atoms with Gasteiger partial charge in [-0.25, -0.2) is 0 Å². The molecule has 0 radical (unpaired) electrons.